The Hall–Kier alpha value is -1.16. The Morgan fingerprint density at radius 1 is 0.778 bits per heavy atom. The average Bonchev–Trinajstić information content (AvgIpc) is 3.03. The summed E-state index contributed by atoms with van der Waals surface area (Å²) in [5.41, 5.74) is 2.47. The molecule has 0 atom stereocenters. The SMILES string of the molecule is O=C1CSC(=S)N1c1ccc(N2CCCCCC2)c(N2C(=O)CSC2=S)c1. The van der Waals surface area contributed by atoms with Crippen LogP contribution < -0.4 is 14.7 Å². The van der Waals surface area contributed by atoms with Gasteiger partial charge >= 0.3 is 0 Å². The Morgan fingerprint density at radius 3 is 1.93 bits per heavy atom. The molecule has 142 valence electrons. The van der Waals surface area contributed by atoms with E-state index in [1.54, 1.807) is 9.80 Å². The summed E-state index contributed by atoms with van der Waals surface area (Å²) in [5, 5.41) is 0. The van der Waals surface area contributed by atoms with Crippen LogP contribution in [0.1, 0.15) is 25.7 Å². The van der Waals surface area contributed by atoms with E-state index in [9.17, 15) is 9.59 Å². The zero-order chi connectivity index (χ0) is 19.0. The van der Waals surface area contributed by atoms with Gasteiger partial charge < -0.3 is 4.90 Å². The molecule has 1 aromatic rings. The Bertz CT molecular complexity index is 789. The van der Waals surface area contributed by atoms with Gasteiger partial charge in [0.2, 0.25) is 11.8 Å². The number of thiocarbonyl (C=S) groups is 2. The third-order valence-corrected chi connectivity index (χ3v) is 7.62. The van der Waals surface area contributed by atoms with Crippen LogP contribution in [-0.4, -0.2) is 45.1 Å². The number of hydrogen-bond donors (Lipinski definition) is 0. The number of carbonyl (C=O) groups excluding carboxylic acids is 2. The van der Waals surface area contributed by atoms with Crippen LogP contribution in [0.2, 0.25) is 0 Å². The molecule has 4 rings (SSSR count). The maximum atomic E-state index is 12.5. The minimum absolute atomic E-state index is 0.0112. The van der Waals surface area contributed by atoms with E-state index in [1.807, 2.05) is 18.2 Å². The highest BCUT2D eigenvalue weighted by atomic mass is 32.2. The van der Waals surface area contributed by atoms with Gasteiger partial charge in [0.25, 0.3) is 0 Å². The molecule has 0 bridgehead atoms. The molecular formula is C18H19N3O2S4. The maximum absolute atomic E-state index is 12.5. The van der Waals surface area contributed by atoms with E-state index in [4.69, 9.17) is 24.4 Å². The molecule has 0 N–H and O–H groups in total. The monoisotopic (exact) mass is 437 g/mol. The van der Waals surface area contributed by atoms with Crippen molar-refractivity contribution < 1.29 is 9.59 Å². The fourth-order valence-electron chi connectivity index (χ4n) is 3.60. The number of amides is 2. The zero-order valence-corrected chi connectivity index (χ0v) is 17.9. The molecule has 27 heavy (non-hydrogen) atoms. The largest absolute Gasteiger partial charge is 0.370 e. The molecule has 0 aromatic heterocycles. The van der Waals surface area contributed by atoms with Gasteiger partial charge in [-0.25, -0.2) is 0 Å². The van der Waals surface area contributed by atoms with Crippen LogP contribution in [0, 0.1) is 0 Å². The van der Waals surface area contributed by atoms with Crippen molar-refractivity contribution in [1.82, 2.24) is 0 Å². The van der Waals surface area contributed by atoms with Crippen molar-refractivity contribution in [2.45, 2.75) is 25.7 Å². The number of anilines is 3. The second kappa shape index (κ2) is 8.06. The Kier molecular flexibility index (Phi) is 5.73. The molecule has 0 spiro atoms. The van der Waals surface area contributed by atoms with Crippen molar-refractivity contribution in [1.29, 1.82) is 0 Å². The minimum atomic E-state index is -0.0248. The molecule has 0 unspecified atom stereocenters. The summed E-state index contributed by atoms with van der Waals surface area (Å²) < 4.78 is 1.12. The lowest BCUT2D eigenvalue weighted by molar-refractivity contribution is -0.115. The zero-order valence-electron chi connectivity index (χ0n) is 14.7. The quantitative estimate of drug-likeness (QED) is 0.667. The Balaban J connectivity index is 1.78. The third-order valence-electron chi connectivity index (χ3n) is 4.91. The van der Waals surface area contributed by atoms with E-state index in [0.717, 1.165) is 37.3 Å². The first-order valence-electron chi connectivity index (χ1n) is 8.94. The number of nitrogens with zero attached hydrogens (tertiary/aromatic N) is 3. The average molecular weight is 438 g/mol. The molecule has 3 aliphatic heterocycles. The first-order chi connectivity index (χ1) is 13.1. The lowest BCUT2D eigenvalue weighted by Gasteiger charge is -2.29. The lowest BCUT2D eigenvalue weighted by atomic mass is 10.1. The van der Waals surface area contributed by atoms with Crippen molar-refractivity contribution in [2.24, 2.45) is 0 Å². The van der Waals surface area contributed by atoms with Crippen LogP contribution in [0.3, 0.4) is 0 Å². The van der Waals surface area contributed by atoms with Crippen molar-refractivity contribution in [3.05, 3.63) is 18.2 Å². The summed E-state index contributed by atoms with van der Waals surface area (Å²) in [6.07, 6.45) is 4.74. The van der Waals surface area contributed by atoms with Crippen molar-refractivity contribution in [3.63, 3.8) is 0 Å². The van der Waals surface area contributed by atoms with E-state index >= 15 is 0 Å². The summed E-state index contributed by atoms with van der Waals surface area (Å²) in [5.74, 6) is 0.685. The topological polar surface area (TPSA) is 43.9 Å². The minimum Gasteiger partial charge on any atom is -0.370 e. The van der Waals surface area contributed by atoms with Crippen molar-refractivity contribution >= 4 is 85.5 Å². The summed E-state index contributed by atoms with van der Waals surface area (Å²) in [6.45, 7) is 1.93. The molecule has 1 aromatic carbocycles. The Morgan fingerprint density at radius 2 is 1.37 bits per heavy atom. The van der Waals surface area contributed by atoms with E-state index in [2.05, 4.69) is 4.90 Å². The van der Waals surface area contributed by atoms with E-state index in [1.165, 1.54) is 36.4 Å². The van der Waals surface area contributed by atoms with Gasteiger partial charge in [0.05, 0.1) is 28.6 Å². The summed E-state index contributed by atoms with van der Waals surface area (Å²) in [4.78, 5) is 30.3. The van der Waals surface area contributed by atoms with Crippen LogP contribution >= 0.6 is 48.0 Å². The van der Waals surface area contributed by atoms with Crippen molar-refractivity contribution in [2.75, 3.05) is 39.3 Å². The van der Waals surface area contributed by atoms with Crippen LogP contribution in [0.25, 0.3) is 0 Å². The third kappa shape index (κ3) is 3.74. The predicted octanol–water partition coefficient (Wildman–Crippen LogP) is 3.80. The summed E-state index contributed by atoms with van der Waals surface area (Å²) >= 11 is 13.6. The van der Waals surface area contributed by atoms with Crippen LogP contribution in [0.15, 0.2) is 18.2 Å². The summed E-state index contributed by atoms with van der Waals surface area (Å²) in [6, 6.07) is 5.83. The molecule has 2 amide bonds. The summed E-state index contributed by atoms with van der Waals surface area (Å²) in [7, 11) is 0. The first-order valence-corrected chi connectivity index (χ1v) is 11.7. The lowest BCUT2D eigenvalue weighted by Crippen LogP contribution is -2.33. The second-order valence-corrected chi connectivity index (χ2v) is 9.86. The molecule has 0 saturated carbocycles. The van der Waals surface area contributed by atoms with Gasteiger partial charge in [-0.3, -0.25) is 19.4 Å². The van der Waals surface area contributed by atoms with Gasteiger partial charge in [0.15, 0.2) is 0 Å². The number of rotatable bonds is 3. The molecule has 3 saturated heterocycles. The van der Waals surface area contributed by atoms with E-state index in [0.29, 0.717) is 25.8 Å². The van der Waals surface area contributed by atoms with Gasteiger partial charge in [0.1, 0.15) is 8.64 Å². The van der Waals surface area contributed by atoms with Gasteiger partial charge in [0, 0.05) is 13.1 Å². The van der Waals surface area contributed by atoms with Crippen molar-refractivity contribution in [3.8, 4) is 0 Å². The normalized spacial score (nSPS) is 21.4. The number of benzene rings is 1. The molecular weight excluding hydrogens is 418 g/mol. The molecule has 0 radical (unpaired) electrons. The van der Waals surface area contributed by atoms with E-state index in [-0.39, 0.29) is 11.8 Å². The molecule has 9 heteroatoms. The fourth-order valence-corrected chi connectivity index (χ4v) is 5.78. The standard InChI is InChI=1S/C18H19N3O2S4/c22-15-10-26-17(24)20(15)12-5-6-13(19-7-3-1-2-4-8-19)14(9-12)21-16(23)11-27-18(21)25/h5-6,9H,1-4,7-8,10-11H2. The Labute approximate surface area is 177 Å². The number of hydrogen-bond acceptors (Lipinski definition) is 7. The highest BCUT2D eigenvalue weighted by molar-refractivity contribution is 8.25. The van der Waals surface area contributed by atoms with Crippen LogP contribution in [0.4, 0.5) is 17.1 Å². The second-order valence-electron chi connectivity index (χ2n) is 6.64. The molecule has 3 heterocycles. The number of thioether (sulfide) groups is 2. The highest BCUT2D eigenvalue weighted by Crippen LogP contribution is 2.40. The van der Waals surface area contributed by atoms with E-state index < -0.39 is 0 Å². The molecule has 0 aliphatic carbocycles. The molecule has 3 fully saturated rings. The highest BCUT2D eigenvalue weighted by Gasteiger charge is 2.34. The van der Waals surface area contributed by atoms with Gasteiger partial charge in [-0.2, -0.15) is 0 Å². The predicted molar refractivity (Wildman–Crippen MR) is 122 cm³/mol. The van der Waals surface area contributed by atoms with Gasteiger partial charge in [-0.05, 0) is 31.0 Å². The maximum Gasteiger partial charge on any atom is 0.243 e. The van der Waals surface area contributed by atoms with Crippen LogP contribution in [-0.2, 0) is 9.59 Å². The van der Waals surface area contributed by atoms with Gasteiger partial charge in [-0.15, -0.1) is 0 Å². The first kappa shape index (κ1) is 19.2. The van der Waals surface area contributed by atoms with Crippen LogP contribution in [0.5, 0.6) is 0 Å². The molecule has 3 aliphatic rings. The smallest absolute Gasteiger partial charge is 0.243 e. The molecule has 5 nitrogen and oxygen atoms in total. The fraction of sp³-hybridized carbons (Fsp3) is 0.444. The number of carbonyl (C=O) groups is 2. The van der Waals surface area contributed by atoms with Gasteiger partial charge in [-0.1, -0.05) is 60.8 Å².